The predicted molar refractivity (Wildman–Crippen MR) is 82.3 cm³/mol. The van der Waals surface area contributed by atoms with Gasteiger partial charge in [0.25, 0.3) is 0 Å². The summed E-state index contributed by atoms with van der Waals surface area (Å²) in [6.07, 6.45) is 3.94. The lowest BCUT2D eigenvalue weighted by Crippen LogP contribution is -2.51. The molecule has 2 rings (SSSR count). The molecule has 2 unspecified atom stereocenters. The Kier molecular flexibility index (Phi) is 4.64. The minimum absolute atomic E-state index is 0.153. The Balaban J connectivity index is 1.93. The van der Waals surface area contributed by atoms with Gasteiger partial charge in [-0.15, -0.1) is 11.3 Å². The number of aromatic nitrogens is 1. The van der Waals surface area contributed by atoms with E-state index in [1.165, 1.54) is 30.0 Å². The van der Waals surface area contributed by atoms with E-state index in [1.807, 2.05) is 0 Å². The Morgan fingerprint density at radius 3 is 2.47 bits per heavy atom. The molecule has 1 aromatic rings. The van der Waals surface area contributed by atoms with Crippen molar-refractivity contribution < 1.29 is 0 Å². The molecule has 1 saturated heterocycles. The Bertz CT molecular complexity index is 398. The van der Waals surface area contributed by atoms with E-state index in [0.717, 1.165) is 6.54 Å². The molecule has 0 amide bonds. The number of hydrogen-bond donors (Lipinski definition) is 1. The van der Waals surface area contributed by atoms with E-state index < -0.39 is 0 Å². The lowest BCUT2D eigenvalue weighted by atomic mass is 9.93. The fourth-order valence-electron chi connectivity index (χ4n) is 2.63. The Morgan fingerprint density at radius 1 is 1.32 bits per heavy atom. The van der Waals surface area contributed by atoms with Crippen LogP contribution in [0.1, 0.15) is 64.6 Å². The summed E-state index contributed by atoms with van der Waals surface area (Å²) in [7, 11) is 0. The van der Waals surface area contributed by atoms with Gasteiger partial charge in [-0.2, -0.15) is 0 Å². The molecule has 108 valence electrons. The van der Waals surface area contributed by atoms with Gasteiger partial charge in [0.15, 0.2) is 0 Å². The van der Waals surface area contributed by atoms with Crippen LogP contribution in [-0.2, 0) is 12.0 Å². The van der Waals surface area contributed by atoms with E-state index in [-0.39, 0.29) is 5.41 Å². The number of hydrogen-bond acceptors (Lipinski definition) is 4. The zero-order chi connectivity index (χ0) is 14.0. The molecule has 2 heterocycles. The molecule has 1 aliphatic heterocycles. The van der Waals surface area contributed by atoms with E-state index in [1.54, 1.807) is 11.3 Å². The summed E-state index contributed by atoms with van der Waals surface area (Å²) in [5.41, 5.74) is 4.94. The third-order valence-corrected chi connectivity index (χ3v) is 4.78. The van der Waals surface area contributed by atoms with Crippen LogP contribution < -0.4 is 5.43 Å². The van der Waals surface area contributed by atoms with Crippen molar-refractivity contribution in [1.29, 1.82) is 0 Å². The van der Waals surface area contributed by atoms with Gasteiger partial charge >= 0.3 is 0 Å². The summed E-state index contributed by atoms with van der Waals surface area (Å²) in [5, 5.41) is 5.80. The van der Waals surface area contributed by atoms with Crippen molar-refractivity contribution in [3.63, 3.8) is 0 Å². The number of hydrazine groups is 1. The molecule has 1 aliphatic rings. The maximum Gasteiger partial charge on any atom is 0.108 e. The lowest BCUT2D eigenvalue weighted by Gasteiger charge is -2.38. The largest absolute Gasteiger partial charge is 0.248 e. The molecular weight excluding hydrogens is 254 g/mol. The second kappa shape index (κ2) is 5.90. The van der Waals surface area contributed by atoms with Gasteiger partial charge in [-0.25, -0.2) is 15.4 Å². The highest BCUT2D eigenvalue weighted by Gasteiger charge is 2.24. The molecule has 2 atom stereocenters. The van der Waals surface area contributed by atoms with Crippen LogP contribution in [0.4, 0.5) is 0 Å². The average Bonchev–Trinajstić information content (AvgIpc) is 2.77. The minimum Gasteiger partial charge on any atom is -0.248 e. The molecular formula is C15H27N3S. The third kappa shape index (κ3) is 3.77. The first-order valence-corrected chi connectivity index (χ1v) is 8.22. The summed E-state index contributed by atoms with van der Waals surface area (Å²) in [6, 6.07) is 1.26. The molecule has 0 aromatic carbocycles. The highest BCUT2D eigenvalue weighted by atomic mass is 32.1. The van der Waals surface area contributed by atoms with Gasteiger partial charge < -0.3 is 0 Å². The SMILES string of the molecule is CC1CCCC(C)N1NCc1nc(C(C)(C)C)cs1. The normalized spacial score (nSPS) is 25.7. The summed E-state index contributed by atoms with van der Waals surface area (Å²) in [5.74, 6) is 0. The smallest absolute Gasteiger partial charge is 0.108 e. The molecule has 3 nitrogen and oxygen atoms in total. The van der Waals surface area contributed by atoms with Crippen LogP contribution in [0.3, 0.4) is 0 Å². The van der Waals surface area contributed by atoms with Gasteiger partial charge in [-0.3, -0.25) is 0 Å². The molecule has 0 spiro atoms. The Labute approximate surface area is 121 Å². The monoisotopic (exact) mass is 281 g/mol. The molecule has 0 saturated carbocycles. The van der Waals surface area contributed by atoms with Crippen LogP contribution in [0.15, 0.2) is 5.38 Å². The first kappa shape index (κ1) is 14.9. The predicted octanol–water partition coefficient (Wildman–Crippen LogP) is 3.71. The maximum atomic E-state index is 4.75. The van der Waals surface area contributed by atoms with E-state index in [9.17, 15) is 0 Å². The van der Waals surface area contributed by atoms with Gasteiger partial charge in [0.2, 0.25) is 0 Å². The number of piperidine rings is 1. The second-order valence-electron chi connectivity index (χ2n) is 6.75. The number of rotatable bonds is 3. The zero-order valence-electron chi connectivity index (χ0n) is 12.9. The second-order valence-corrected chi connectivity index (χ2v) is 7.69. The lowest BCUT2D eigenvalue weighted by molar-refractivity contribution is 0.0435. The summed E-state index contributed by atoms with van der Waals surface area (Å²) in [4.78, 5) is 4.75. The van der Waals surface area contributed by atoms with E-state index in [0.29, 0.717) is 12.1 Å². The van der Waals surface area contributed by atoms with Gasteiger partial charge in [0.05, 0.1) is 12.2 Å². The van der Waals surface area contributed by atoms with E-state index in [2.05, 4.69) is 50.4 Å². The van der Waals surface area contributed by atoms with E-state index in [4.69, 9.17) is 4.98 Å². The van der Waals surface area contributed by atoms with Crippen LogP contribution in [0, 0.1) is 0 Å². The maximum absolute atomic E-state index is 4.75. The fraction of sp³-hybridized carbons (Fsp3) is 0.800. The van der Waals surface area contributed by atoms with Crippen LogP contribution in [0.2, 0.25) is 0 Å². The van der Waals surface area contributed by atoms with Crippen molar-refractivity contribution in [3.8, 4) is 0 Å². The molecule has 4 heteroatoms. The quantitative estimate of drug-likeness (QED) is 0.915. The van der Waals surface area contributed by atoms with Crippen LogP contribution >= 0.6 is 11.3 Å². The highest BCUT2D eigenvalue weighted by Crippen LogP contribution is 2.24. The van der Waals surface area contributed by atoms with Gasteiger partial charge in [-0.05, 0) is 26.7 Å². The first-order valence-electron chi connectivity index (χ1n) is 7.34. The number of thiazole rings is 1. The van der Waals surface area contributed by atoms with Crippen molar-refractivity contribution in [2.24, 2.45) is 0 Å². The van der Waals surface area contributed by atoms with Crippen molar-refractivity contribution in [2.75, 3.05) is 0 Å². The van der Waals surface area contributed by atoms with Crippen molar-refractivity contribution in [1.82, 2.24) is 15.4 Å². The Morgan fingerprint density at radius 2 is 1.95 bits per heavy atom. The molecule has 0 aliphatic carbocycles. The average molecular weight is 281 g/mol. The standard InChI is InChI=1S/C15H27N3S/c1-11-7-6-8-12(2)18(11)16-9-14-17-13(10-19-14)15(3,4)5/h10-12,16H,6-9H2,1-5H3. The molecule has 19 heavy (non-hydrogen) atoms. The third-order valence-electron chi connectivity index (χ3n) is 3.93. The number of nitrogens with zero attached hydrogens (tertiary/aromatic N) is 2. The summed E-state index contributed by atoms with van der Waals surface area (Å²) in [6.45, 7) is 12.1. The fourth-order valence-corrected chi connectivity index (χ4v) is 3.58. The molecule has 0 radical (unpaired) electrons. The molecule has 0 bridgehead atoms. The van der Waals surface area contributed by atoms with Crippen LogP contribution in [0.5, 0.6) is 0 Å². The molecule has 1 fully saturated rings. The van der Waals surface area contributed by atoms with Gasteiger partial charge in [0, 0.05) is 22.9 Å². The van der Waals surface area contributed by atoms with Crippen LogP contribution in [0.25, 0.3) is 0 Å². The summed E-state index contributed by atoms with van der Waals surface area (Å²) < 4.78 is 0. The van der Waals surface area contributed by atoms with Crippen LogP contribution in [-0.4, -0.2) is 22.1 Å². The zero-order valence-corrected chi connectivity index (χ0v) is 13.7. The van der Waals surface area contributed by atoms with Gasteiger partial charge in [0.1, 0.15) is 5.01 Å². The van der Waals surface area contributed by atoms with Gasteiger partial charge in [-0.1, -0.05) is 27.2 Å². The minimum atomic E-state index is 0.153. The van der Waals surface area contributed by atoms with Crippen molar-refractivity contribution in [2.45, 2.75) is 77.9 Å². The highest BCUT2D eigenvalue weighted by molar-refractivity contribution is 7.09. The Hall–Kier alpha value is -0.450. The first-order chi connectivity index (χ1) is 8.88. The van der Waals surface area contributed by atoms with Crippen molar-refractivity contribution >= 4 is 11.3 Å². The van der Waals surface area contributed by atoms with Crippen molar-refractivity contribution in [3.05, 3.63) is 16.1 Å². The molecule has 1 aromatic heterocycles. The topological polar surface area (TPSA) is 28.2 Å². The summed E-state index contributed by atoms with van der Waals surface area (Å²) >= 11 is 1.77. The molecule has 1 N–H and O–H groups in total. The van der Waals surface area contributed by atoms with E-state index >= 15 is 0 Å². The number of nitrogens with one attached hydrogen (secondary N) is 1.